The highest BCUT2D eigenvalue weighted by atomic mass is 16.5. The van der Waals surface area contributed by atoms with E-state index < -0.39 is 0 Å². The number of fused-ring (bicyclic) bond motifs is 1. The Balaban J connectivity index is 1.53. The van der Waals surface area contributed by atoms with Crippen LogP contribution in [0.1, 0.15) is 28.4 Å². The maximum absolute atomic E-state index is 12.9. The minimum absolute atomic E-state index is 0.0787. The van der Waals surface area contributed by atoms with Crippen LogP contribution < -0.4 is 0 Å². The standard InChI is InChI=1S/C18H23N3O4/c1-12-8-17(25-19-12)18(22)21-6-5-16(23-2)14-10-20(11-15(14)21)9-13-4-3-7-24-13/h3-4,7-8,14-16H,5-6,9-11H2,1-2H3/t14-,15+,16-/m0/s1. The Morgan fingerprint density at radius 2 is 2.32 bits per heavy atom. The molecule has 3 atom stereocenters. The molecule has 2 aromatic heterocycles. The molecule has 4 rings (SSSR count). The number of piperidine rings is 1. The summed E-state index contributed by atoms with van der Waals surface area (Å²) in [5.74, 6) is 1.47. The van der Waals surface area contributed by atoms with E-state index in [9.17, 15) is 4.79 Å². The first-order chi connectivity index (χ1) is 12.2. The van der Waals surface area contributed by atoms with Crippen molar-refractivity contribution in [3.8, 4) is 0 Å². The van der Waals surface area contributed by atoms with E-state index in [1.807, 2.05) is 24.0 Å². The van der Waals surface area contributed by atoms with Gasteiger partial charge in [0, 0.05) is 38.7 Å². The molecular weight excluding hydrogens is 322 g/mol. The van der Waals surface area contributed by atoms with Crippen LogP contribution in [0.5, 0.6) is 0 Å². The highest BCUT2D eigenvalue weighted by molar-refractivity contribution is 5.91. The number of likely N-dealkylation sites (tertiary alicyclic amines) is 2. The van der Waals surface area contributed by atoms with Crippen molar-refractivity contribution in [2.24, 2.45) is 5.92 Å². The summed E-state index contributed by atoms with van der Waals surface area (Å²) in [6.45, 7) is 4.95. The van der Waals surface area contributed by atoms with Gasteiger partial charge in [-0.25, -0.2) is 0 Å². The molecule has 0 N–H and O–H groups in total. The summed E-state index contributed by atoms with van der Waals surface area (Å²) in [6.07, 6.45) is 2.70. The minimum Gasteiger partial charge on any atom is -0.468 e. The molecule has 0 spiro atoms. The van der Waals surface area contributed by atoms with Crippen molar-refractivity contribution in [3.63, 3.8) is 0 Å². The smallest absolute Gasteiger partial charge is 0.292 e. The fourth-order valence-corrected chi connectivity index (χ4v) is 4.14. The Hall–Kier alpha value is -2.12. The van der Waals surface area contributed by atoms with E-state index in [2.05, 4.69) is 10.1 Å². The quantitative estimate of drug-likeness (QED) is 0.843. The first-order valence-corrected chi connectivity index (χ1v) is 8.67. The molecule has 2 aliphatic rings. The Morgan fingerprint density at radius 1 is 1.44 bits per heavy atom. The lowest BCUT2D eigenvalue weighted by Crippen LogP contribution is -2.53. The zero-order valence-corrected chi connectivity index (χ0v) is 14.6. The number of aryl methyl sites for hydroxylation is 1. The normalized spacial score (nSPS) is 26.8. The number of carbonyl (C=O) groups is 1. The maximum atomic E-state index is 12.9. The van der Waals surface area contributed by atoms with Crippen LogP contribution >= 0.6 is 0 Å². The lowest BCUT2D eigenvalue weighted by molar-refractivity contribution is -0.0168. The third kappa shape index (κ3) is 3.09. The second-order valence-electron chi connectivity index (χ2n) is 6.90. The van der Waals surface area contributed by atoms with Gasteiger partial charge in [0.1, 0.15) is 5.76 Å². The topological polar surface area (TPSA) is 72.0 Å². The molecule has 4 heterocycles. The van der Waals surface area contributed by atoms with E-state index in [0.29, 0.717) is 18.2 Å². The number of carbonyl (C=O) groups excluding carboxylic acids is 1. The number of ether oxygens (including phenoxy) is 1. The number of hydrogen-bond acceptors (Lipinski definition) is 6. The molecule has 0 aliphatic carbocycles. The van der Waals surface area contributed by atoms with E-state index in [1.54, 1.807) is 19.4 Å². The summed E-state index contributed by atoms with van der Waals surface area (Å²) in [7, 11) is 1.76. The van der Waals surface area contributed by atoms with Gasteiger partial charge in [-0.3, -0.25) is 9.69 Å². The van der Waals surface area contributed by atoms with Crippen molar-refractivity contribution >= 4 is 5.91 Å². The van der Waals surface area contributed by atoms with E-state index in [1.165, 1.54) is 0 Å². The Labute approximate surface area is 146 Å². The van der Waals surface area contributed by atoms with Gasteiger partial charge in [-0.05, 0) is 25.5 Å². The summed E-state index contributed by atoms with van der Waals surface area (Å²) in [5.41, 5.74) is 0.720. The second kappa shape index (κ2) is 6.65. The van der Waals surface area contributed by atoms with Gasteiger partial charge < -0.3 is 18.6 Å². The van der Waals surface area contributed by atoms with Crippen molar-refractivity contribution in [1.29, 1.82) is 0 Å². The molecule has 2 fully saturated rings. The van der Waals surface area contributed by atoms with Crippen LogP contribution in [0.2, 0.25) is 0 Å². The number of nitrogens with zero attached hydrogens (tertiary/aromatic N) is 3. The number of amides is 1. The van der Waals surface area contributed by atoms with Crippen LogP contribution in [0.25, 0.3) is 0 Å². The van der Waals surface area contributed by atoms with Crippen LogP contribution in [0.15, 0.2) is 33.4 Å². The van der Waals surface area contributed by atoms with Gasteiger partial charge in [0.15, 0.2) is 0 Å². The maximum Gasteiger partial charge on any atom is 0.292 e. The number of methoxy groups -OCH3 is 1. The first kappa shape index (κ1) is 16.4. The lowest BCUT2D eigenvalue weighted by atomic mass is 9.89. The third-order valence-electron chi connectivity index (χ3n) is 5.30. The van der Waals surface area contributed by atoms with E-state index in [4.69, 9.17) is 13.7 Å². The molecule has 7 nitrogen and oxygen atoms in total. The number of furan rings is 1. The summed E-state index contributed by atoms with van der Waals surface area (Å²) < 4.78 is 16.4. The van der Waals surface area contributed by atoms with Crippen LogP contribution in [0, 0.1) is 12.8 Å². The highest BCUT2D eigenvalue weighted by Gasteiger charge is 2.46. The lowest BCUT2D eigenvalue weighted by Gasteiger charge is -2.40. The molecule has 0 radical (unpaired) electrons. The number of rotatable bonds is 4. The van der Waals surface area contributed by atoms with E-state index >= 15 is 0 Å². The van der Waals surface area contributed by atoms with Crippen molar-refractivity contribution in [3.05, 3.63) is 41.7 Å². The van der Waals surface area contributed by atoms with Gasteiger partial charge in [-0.1, -0.05) is 5.16 Å². The first-order valence-electron chi connectivity index (χ1n) is 8.67. The molecule has 2 saturated heterocycles. The van der Waals surface area contributed by atoms with Gasteiger partial charge in [-0.15, -0.1) is 0 Å². The van der Waals surface area contributed by atoms with E-state index in [-0.39, 0.29) is 18.1 Å². The second-order valence-corrected chi connectivity index (χ2v) is 6.90. The van der Waals surface area contributed by atoms with Crippen molar-refractivity contribution < 1.29 is 18.5 Å². The molecule has 1 amide bonds. The fourth-order valence-electron chi connectivity index (χ4n) is 4.14. The highest BCUT2D eigenvalue weighted by Crippen LogP contribution is 2.34. The summed E-state index contributed by atoms with van der Waals surface area (Å²) in [5, 5.41) is 3.84. The van der Waals surface area contributed by atoms with Gasteiger partial charge in [0.05, 0.1) is 30.6 Å². The van der Waals surface area contributed by atoms with Crippen LogP contribution in [0.3, 0.4) is 0 Å². The van der Waals surface area contributed by atoms with Gasteiger partial charge in [0.2, 0.25) is 5.76 Å². The Morgan fingerprint density at radius 3 is 3.00 bits per heavy atom. The SMILES string of the molecule is CO[C@H]1CCN(C(=O)c2cc(C)no2)[C@@H]2CN(Cc3ccco3)C[C@H]12. The summed E-state index contributed by atoms with van der Waals surface area (Å²) in [6, 6.07) is 5.70. The third-order valence-corrected chi connectivity index (χ3v) is 5.30. The largest absolute Gasteiger partial charge is 0.468 e. The Bertz CT molecular complexity index is 727. The minimum atomic E-state index is -0.0787. The van der Waals surface area contributed by atoms with E-state index in [0.717, 1.165) is 37.5 Å². The molecule has 7 heteroatoms. The molecule has 0 aromatic carbocycles. The monoisotopic (exact) mass is 345 g/mol. The predicted molar refractivity (Wildman–Crippen MR) is 89.0 cm³/mol. The Kier molecular flexibility index (Phi) is 4.35. The predicted octanol–water partition coefficient (Wildman–Crippen LogP) is 1.94. The zero-order chi connectivity index (χ0) is 17.4. The van der Waals surface area contributed by atoms with Gasteiger partial charge in [0.25, 0.3) is 5.91 Å². The van der Waals surface area contributed by atoms with Crippen molar-refractivity contribution in [2.75, 3.05) is 26.7 Å². The average molecular weight is 345 g/mol. The molecule has 134 valence electrons. The van der Waals surface area contributed by atoms with Crippen LogP contribution in [-0.2, 0) is 11.3 Å². The molecule has 2 aliphatic heterocycles. The van der Waals surface area contributed by atoms with Crippen molar-refractivity contribution in [1.82, 2.24) is 15.0 Å². The molecular formula is C18H23N3O4. The van der Waals surface area contributed by atoms with Gasteiger partial charge >= 0.3 is 0 Å². The molecule has 0 saturated carbocycles. The summed E-state index contributed by atoms with van der Waals surface area (Å²) in [4.78, 5) is 17.2. The molecule has 0 bridgehead atoms. The zero-order valence-electron chi connectivity index (χ0n) is 14.6. The van der Waals surface area contributed by atoms with Gasteiger partial charge in [-0.2, -0.15) is 0 Å². The number of aromatic nitrogens is 1. The molecule has 0 unspecified atom stereocenters. The fraction of sp³-hybridized carbons (Fsp3) is 0.556. The van der Waals surface area contributed by atoms with Crippen LogP contribution in [-0.4, -0.2) is 59.8 Å². The molecule has 2 aromatic rings. The van der Waals surface area contributed by atoms with Crippen LogP contribution in [0.4, 0.5) is 0 Å². The molecule has 25 heavy (non-hydrogen) atoms. The average Bonchev–Trinajstić information content (AvgIpc) is 3.34. The van der Waals surface area contributed by atoms with Crippen molar-refractivity contribution in [2.45, 2.75) is 32.0 Å². The number of hydrogen-bond donors (Lipinski definition) is 0. The summed E-state index contributed by atoms with van der Waals surface area (Å²) >= 11 is 0.